The molecule has 0 amide bonds. The Morgan fingerprint density at radius 2 is 2.15 bits per heavy atom. The molecule has 0 spiro atoms. The molecule has 1 fully saturated rings. The number of hydrogen-bond acceptors (Lipinski definition) is 2. The maximum Gasteiger partial charge on any atom is 0.275 e. The maximum absolute atomic E-state index is 12.9. The molecule has 1 atom stereocenters. The number of furan rings is 1. The van der Waals surface area contributed by atoms with E-state index >= 15 is 0 Å². The molecule has 0 bridgehead atoms. The Kier molecular flexibility index (Phi) is 1.64. The molecule has 2 rings (SSSR count). The maximum atomic E-state index is 12.9. The number of nitrogens with two attached hydrogens (primary N) is 1. The minimum absolute atomic E-state index is 0.185. The molecule has 1 unspecified atom stereocenters. The molecule has 5 heteroatoms. The molecular weight excluding hydrogens is 244 g/mol. The van der Waals surface area contributed by atoms with Crippen molar-refractivity contribution >= 4 is 15.9 Å². The van der Waals surface area contributed by atoms with E-state index in [0.717, 1.165) is 0 Å². The van der Waals surface area contributed by atoms with Crippen molar-refractivity contribution in [3.05, 3.63) is 22.1 Å². The smallest absolute Gasteiger partial charge is 0.275 e. The summed E-state index contributed by atoms with van der Waals surface area (Å²) in [5, 5.41) is 0. The summed E-state index contributed by atoms with van der Waals surface area (Å²) in [6.07, 6.45) is -0.333. The van der Waals surface area contributed by atoms with Crippen LogP contribution in [0.4, 0.5) is 8.78 Å². The molecule has 1 aliphatic carbocycles. The van der Waals surface area contributed by atoms with Gasteiger partial charge in [0.25, 0.3) is 5.92 Å². The Morgan fingerprint density at radius 3 is 2.46 bits per heavy atom. The van der Waals surface area contributed by atoms with E-state index in [1.54, 1.807) is 13.0 Å². The predicted molar refractivity (Wildman–Crippen MR) is 46.6 cm³/mol. The lowest BCUT2D eigenvalue weighted by Gasteiger charge is -2.07. The van der Waals surface area contributed by atoms with Crippen molar-refractivity contribution in [2.75, 3.05) is 0 Å². The third-order valence-electron chi connectivity index (χ3n) is 2.32. The van der Waals surface area contributed by atoms with Gasteiger partial charge in [-0.1, -0.05) is 0 Å². The Balaban J connectivity index is 2.43. The first kappa shape index (κ1) is 9.15. The molecule has 1 aromatic heterocycles. The highest BCUT2D eigenvalue weighted by Gasteiger charge is 2.72. The van der Waals surface area contributed by atoms with E-state index in [4.69, 9.17) is 10.2 Å². The van der Waals surface area contributed by atoms with E-state index in [2.05, 4.69) is 15.9 Å². The van der Waals surface area contributed by atoms with Crippen LogP contribution >= 0.6 is 15.9 Å². The number of aryl methyl sites for hydroxylation is 1. The Hall–Kier alpha value is -0.420. The molecule has 1 aliphatic rings. The third-order valence-corrected chi connectivity index (χ3v) is 2.71. The van der Waals surface area contributed by atoms with Gasteiger partial charge in [-0.25, -0.2) is 8.78 Å². The van der Waals surface area contributed by atoms with Crippen molar-refractivity contribution in [1.29, 1.82) is 0 Å². The summed E-state index contributed by atoms with van der Waals surface area (Å²) >= 11 is 3.07. The molecular formula is C8H8BrF2NO. The zero-order chi connectivity index (χ0) is 9.85. The zero-order valence-electron chi connectivity index (χ0n) is 6.90. The van der Waals surface area contributed by atoms with Gasteiger partial charge in [-0.3, -0.25) is 0 Å². The molecule has 2 N–H and O–H groups in total. The topological polar surface area (TPSA) is 39.2 Å². The summed E-state index contributed by atoms with van der Waals surface area (Å²) in [7, 11) is 0. The van der Waals surface area contributed by atoms with Gasteiger partial charge in [0.2, 0.25) is 0 Å². The minimum Gasteiger partial charge on any atom is -0.452 e. The van der Waals surface area contributed by atoms with E-state index in [1.165, 1.54) is 0 Å². The molecule has 0 aliphatic heterocycles. The highest BCUT2D eigenvalue weighted by molar-refractivity contribution is 9.10. The van der Waals surface area contributed by atoms with Crippen LogP contribution in [0, 0.1) is 6.92 Å². The zero-order valence-corrected chi connectivity index (χ0v) is 8.49. The van der Waals surface area contributed by atoms with E-state index in [-0.39, 0.29) is 12.2 Å². The lowest BCUT2D eigenvalue weighted by molar-refractivity contribution is 0.0829. The number of halogens is 3. The van der Waals surface area contributed by atoms with Crippen LogP contribution in [0.5, 0.6) is 0 Å². The van der Waals surface area contributed by atoms with Gasteiger partial charge in [0, 0.05) is 6.42 Å². The Morgan fingerprint density at radius 1 is 1.62 bits per heavy atom. The van der Waals surface area contributed by atoms with Crippen molar-refractivity contribution in [2.24, 2.45) is 5.73 Å². The Bertz CT molecular complexity index is 363. The second-order valence-corrected chi connectivity index (χ2v) is 4.20. The van der Waals surface area contributed by atoms with E-state index in [9.17, 15) is 8.78 Å². The van der Waals surface area contributed by atoms with Gasteiger partial charge in [0.05, 0.1) is 0 Å². The molecule has 1 saturated carbocycles. The molecule has 72 valence electrons. The fraction of sp³-hybridized carbons (Fsp3) is 0.500. The molecule has 1 aromatic rings. The number of alkyl halides is 2. The second kappa shape index (κ2) is 2.33. The molecule has 13 heavy (non-hydrogen) atoms. The third kappa shape index (κ3) is 1.14. The van der Waals surface area contributed by atoms with Crippen molar-refractivity contribution in [2.45, 2.75) is 24.8 Å². The second-order valence-electron chi connectivity index (χ2n) is 3.42. The predicted octanol–water partition coefficient (Wildman–Crippen LogP) is 2.54. The lowest BCUT2D eigenvalue weighted by atomic mass is 10.1. The van der Waals surface area contributed by atoms with Crippen molar-refractivity contribution in [3.8, 4) is 0 Å². The first-order valence-electron chi connectivity index (χ1n) is 3.80. The van der Waals surface area contributed by atoms with Crippen LogP contribution in [0.3, 0.4) is 0 Å². The monoisotopic (exact) mass is 251 g/mol. The summed E-state index contributed by atoms with van der Waals surface area (Å²) < 4.78 is 31.2. The van der Waals surface area contributed by atoms with Crippen LogP contribution in [0.15, 0.2) is 15.2 Å². The fourth-order valence-corrected chi connectivity index (χ4v) is 1.94. The van der Waals surface area contributed by atoms with Crippen molar-refractivity contribution in [3.63, 3.8) is 0 Å². The van der Waals surface area contributed by atoms with Crippen LogP contribution in [0.1, 0.15) is 17.7 Å². The van der Waals surface area contributed by atoms with Gasteiger partial charge in [0.1, 0.15) is 11.3 Å². The molecule has 2 nitrogen and oxygen atoms in total. The first-order chi connectivity index (χ1) is 5.87. The van der Waals surface area contributed by atoms with Gasteiger partial charge in [0.15, 0.2) is 4.67 Å². The summed E-state index contributed by atoms with van der Waals surface area (Å²) in [4.78, 5) is 0. The average Bonchev–Trinajstić information content (AvgIpc) is 2.34. The molecule has 1 heterocycles. The van der Waals surface area contributed by atoms with E-state index in [1.807, 2.05) is 0 Å². The summed E-state index contributed by atoms with van der Waals surface area (Å²) in [6.45, 7) is 1.70. The SMILES string of the molecule is Cc1cc(Br)oc1C1(N)CC1(F)F. The Labute approximate surface area is 82.2 Å². The van der Waals surface area contributed by atoms with Gasteiger partial charge in [-0.05, 0) is 34.5 Å². The summed E-state index contributed by atoms with van der Waals surface area (Å²) in [5.41, 5.74) is 4.57. The highest BCUT2D eigenvalue weighted by atomic mass is 79.9. The van der Waals surface area contributed by atoms with E-state index in [0.29, 0.717) is 10.2 Å². The van der Waals surface area contributed by atoms with Crippen LogP contribution < -0.4 is 5.73 Å². The molecule has 0 saturated heterocycles. The first-order valence-corrected chi connectivity index (χ1v) is 4.59. The molecule has 0 radical (unpaired) electrons. The van der Waals surface area contributed by atoms with Crippen molar-refractivity contribution < 1.29 is 13.2 Å². The number of hydrogen-bond donors (Lipinski definition) is 1. The van der Waals surface area contributed by atoms with Gasteiger partial charge in [-0.15, -0.1) is 0 Å². The highest BCUT2D eigenvalue weighted by Crippen LogP contribution is 2.58. The summed E-state index contributed by atoms with van der Waals surface area (Å²) in [6, 6.07) is 1.64. The average molecular weight is 252 g/mol. The van der Waals surface area contributed by atoms with Crippen molar-refractivity contribution in [1.82, 2.24) is 0 Å². The standard InChI is InChI=1S/C8H8BrF2NO/c1-4-2-5(9)13-6(4)7(12)3-8(7,10)11/h2H,3,12H2,1H3. The largest absolute Gasteiger partial charge is 0.452 e. The van der Waals surface area contributed by atoms with Gasteiger partial charge >= 0.3 is 0 Å². The quantitative estimate of drug-likeness (QED) is 0.834. The molecule has 0 aromatic carbocycles. The van der Waals surface area contributed by atoms with Crippen LogP contribution in [-0.4, -0.2) is 5.92 Å². The summed E-state index contributed by atoms with van der Waals surface area (Å²) in [5.74, 6) is -2.64. The van der Waals surface area contributed by atoms with Crippen LogP contribution in [0.25, 0.3) is 0 Å². The van der Waals surface area contributed by atoms with Crippen LogP contribution in [0.2, 0.25) is 0 Å². The minimum atomic E-state index is -2.82. The normalized spacial score (nSPS) is 30.5. The fourth-order valence-electron chi connectivity index (χ4n) is 1.44. The van der Waals surface area contributed by atoms with Crippen LogP contribution in [-0.2, 0) is 5.54 Å². The van der Waals surface area contributed by atoms with E-state index < -0.39 is 11.5 Å². The van der Waals surface area contributed by atoms with Gasteiger partial charge < -0.3 is 10.2 Å². The van der Waals surface area contributed by atoms with Gasteiger partial charge in [-0.2, -0.15) is 0 Å². The lowest BCUT2D eigenvalue weighted by Crippen LogP contribution is -2.27. The number of rotatable bonds is 1.